The number of methoxy groups -OCH3 is 1. The van der Waals surface area contributed by atoms with E-state index in [1.54, 1.807) is 37.1 Å². The van der Waals surface area contributed by atoms with Crippen molar-refractivity contribution in [2.45, 2.75) is 13.3 Å². The van der Waals surface area contributed by atoms with Crippen LogP contribution in [0.5, 0.6) is 5.75 Å². The van der Waals surface area contributed by atoms with Gasteiger partial charge in [-0.3, -0.25) is 9.48 Å². The van der Waals surface area contributed by atoms with Crippen LogP contribution in [0.15, 0.2) is 24.5 Å². The van der Waals surface area contributed by atoms with Crippen LogP contribution in [0.2, 0.25) is 0 Å². The first-order chi connectivity index (χ1) is 9.49. The first-order valence-corrected chi connectivity index (χ1v) is 6.11. The number of hydrogen-bond donors (Lipinski definition) is 1. The topological polar surface area (TPSA) is 56.1 Å². The van der Waals surface area contributed by atoms with E-state index >= 15 is 0 Å². The van der Waals surface area contributed by atoms with Gasteiger partial charge >= 0.3 is 0 Å². The van der Waals surface area contributed by atoms with Crippen LogP contribution in [0.3, 0.4) is 0 Å². The Hall–Kier alpha value is -2.37. The van der Waals surface area contributed by atoms with Crippen LogP contribution in [0.4, 0.5) is 10.1 Å². The van der Waals surface area contributed by atoms with Crippen molar-refractivity contribution in [3.8, 4) is 5.75 Å². The molecule has 1 aromatic heterocycles. The summed E-state index contributed by atoms with van der Waals surface area (Å²) in [6.45, 7) is 1.75. The van der Waals surface area contributed by atoms with E-state index in [4.69, 9.17) is 4.74 Å². The molecule has 2 rings (SSSR count). The fraction of sp³-hybridized carbons (Fsp3) is 0.286. The molecule has 5 nitrogen and oxygen atoms in total. The quantitative estimate of drug-likeness (QED) is 0.930. The number of carbonyl (C=O) groups excluding carboxylic acids is 1. The molecule has 1 N–H and O–H groups in total. The Morgan fingerprint density at radius 2 is 2.25 bits per heavy atom. The van der Waals surface area contributed by atoms with Crippen LogP contribution in [0.1, 0.15) is 11.1 Å². The summed E-state index contributed by atoms with van der Waals surface area (Å²) in [5.41, 5.74) is 1.83. The number of rotatable bonds is 4. The van der Waals surface area contributed by atoms with Gasteiger partial charge in [-0.1, -0.05) is 0 Å². The van der Waals surface area contributed by atoms with Crippen molar-refractivity contribution in [1.82, 2.24) is 9.78 Å². The number of anilines is 1. The Bertz CT molecular complexity index is 637. The Morgan fingerprint density at radius 1 is 1.50 bits per heavy atom. The summed E-state index contributed by atoms with van der Waals surface area (Å²) in [6.07, 6.45) is 3.55. The zero-order chi connectivity index (χ0) is 14.7. The van der Waals surface area contributed by atoms with Crippen LogP contribution in [-0.4, -0.2) is 22.8 Å². The van der Waals surface area contributed by atoms with E-state index in [1.165, 1.54) is 13.2 Å². The van der Waals surface area contributed by atoms with E-state index in [9.17, 15) is 9.18 Å². The maximum Gasteiger partial charge on any atom is 0.229 e. The second kappa shape index (κ2) is 5.73. The molecule has 0 saturated heterocycles. The Balaban J connectivity index is 2.15. The smallest absolute Gasteiger partial charge is 0.229 e. The molecule has 20 heavy (non-hydrogen) atoms. The maximum atomic E-state index is 13.7. The molecular formula is C14H16FN3O2. The molecule has 1 amide bonds. The minimum Gasteiger partial charge on any atom is -0.492 e. The van der Waals surface area contributed by atoms with E-state index in [0.717, 1.165) is 5.56 Å². The van der Waals surface area contributed by atoms with Gasteiger partial charge in [0.05, 0.1) is 25.4 Å². The molecule has 0 unspecified atom stereocenters. The molecular weight excluding hydrogens is 261 g/mol. The lowest BCUT2D eigenvalue weighted by molar-refractivity contribution is -0.115. The summed E-state index contributed by atoms with van der Waals surface area (Å²) in [5.74, 6) is -0.708. The van der Waals surface area contributed by atoms with Crippen LogP contribution in [0, 0.1) is 12.7 Å². The zero-order valence-electron chi connectivity index (χ0n) is 11.6. The molecule has 106 valence electrons. The second-order valence-corrected chi connectivity index (χ2v) is 4.57. The summed E-state index contributed by atoms with van der Waals surface area (Å²) in [6, 6.07) is 3.03. The third-order valence-electron chi connectivity index (χ3n) is 2.79. The second-order valence-electron chi connectivity index (χ2n) is 4.57. The number of carbonyl (C=O) groups is 1. The molecule has 1 aromatic carbocycles. The molecule has 2 aromatic rings. The van der Waals surface area contributed by atoms with E-state index in [1.807, 2.05) is 0 Å². The lowest BCUT2D eigenvalue weighted by Gasteiger charge is -2.11. The predicted octanol–water partition coefficient (Wildman–Crippen LogP) is 2.06. The fourth-order valence-electron chi connectivity index (χ4n) is 1.97. The normalized spacial score (nSPS) is 10.4. The monoisotopic (exact) mass is 277 g/mol. The van der Waals surface area contributed by atoms with Gasteiger partial charge < -0.3 is 10.1 Å². The SMILES string of the molecule is COc1c(F)cc(C)cc1NC(=O)Cc1cnn(C)c1. The molecule has 0 aliphatic rings. The summed E-state index contributed by atoms with van der Waals surface area (Å²) in [7, 11) is 3.14. The van der Waals surface area contributed by atoms with E-state index in [-0.39, 0.29) is 18.1 Å². The van der Waals surface area contributed by atoms with Gasteiger partial charge in [0, 0.05) is 13.2 Å². The molecule has 0 atom stereocenters. The number of nitrogens with one attached hydrogen (secondary N) is 1. The van der Waals surface area contributed by atoms with E-state index in [2.05, 4.69) is 10.4 Å². The Morgan fingerprint density at radius 3 is 2.85 bits per heavy atom. The van der Waals surface area contributed by atoms with Gasteiger partial charge in [0.1, 0.15) is 0 Å². The Kier molecular flexibility index (Phi) is 4.02. The van der Waals surface area contributed by atoms with Crippen molar-refractivity contribution in [1.29, 1.82) is 0 Å². The van der Waals surface area contributed by atoms with Crippen molar-refractivity contribution in [2.24, 2.45) is 7.05 Å². The fourth-order valence-corrected chi connectivity index (χ4v) is 1.97. The zero-order valence-corrected chi connectivity index (χ0v) is 11.6. The first kappa shape index (κ1) is 14.0. The molecule has 0 fully saturated rings. The van der Waals surface area contributed by atoms with Crippen molar-refractivity contribution < 1.29 is 13.9 Å². The van der Waals surface area contributed by atoms with Crippen molar-refractivity contribution >= 4 is 11.6 Å². The van der Waals surface area contributed by atoms with Gasteiger partial charge in [0.2, 0.25) is 5.91 Å². The summed E-state index contributed by atoms with van der Waals surface area (Å²) in [5, 5.41) is 6.65. The molecule has 0 saturated carbocycles. The Labute approximate surface area is 116 Å². The summed E-state index contributed by atoms with van der Waals surface area (Å²) >= 11 is 0. The average Bonchev–Trinajstić information content (AvgIpc) is 2.74. The molecule has 0 aliphatic carbocycles. The number of halogens is 1. The third-order valence-corrected chi connectivity index (χ3v) is 2.79. The number of aryl methyl sites for hydroxylation is 2. The van der Waals surface area contributed by atoms with E-state index in [0.29, 0.717) is 11.3 Å². The van der Waals surface area contributed by atoms with E-state index < -0.39 is 5.82 Å². The van der Waals surface area contributed by atoms with Crippen molar-refractivity contribution in [3.05, 3.63) is 41.5 Å². The third kappa shape index (κ3) is 3.14. The average molecular weight is 277 g/mol. The summed E-state index contributed by atoms with van der Waals surface area (Å²) < 4.78 is 20.3. The van der Waals surface area contributed by atoms with Crippen LogP contribution >= 0.6 is 0 Å². The highest BCUT2D eigenvalue weighted by molar-refractivity contribution is 5.93. The summed E-state index contributed by atoms with van der Waals surface area (Å²) in [4.78, 5) is 12.0. The number of nitrogens with zero attached hydrogens (tertiary/aromatic N) is 2. The molecule has 0 aliphatic heterocycles. The number of aromatic nitrogens is 2. The molecule has 1 heterocycles. The molecule has 0 spiro atoms. The van der Waals surface area contributed by atoms with Gasteiger partial charge in [-0.25, -0.2) is 4.39 Å². The van der Waals surface area contributed by atoms with Crippen molar-refractivity contribution in [2.75, 3.05) is 12.4 Å². The van der Waals surface area contributed by atoms with Gasteiger partial charge in [0.25, 0.3) is 0 Å². The highest BCUT2D eigenvalue weighted by atomic mass is 19.1. The highest BCUT2D eigenvalue weighted by Gasteiger charge is 2.13. The molecule has 0 radical (unpaired) electrons. The largest absolute Gasteiger partial charge is 0.492 e. The predicted molar refractivity (Wildman–Crippen MR) is 73.2 cm³/mol. The number of hydrogen-bond acceptors (Lipinski definition) is 3. The van der Waals surface area contributed by atoms with Gasteiger partial charge in [-0.05, 0) is 30.2 Å². The lowest BCUT2D eigenvalue weighted by Crippen LogP contribution is -2.15. The van der Waals surface area contributed by atoms with Crippen LogP contribution in [0.25, 0.3) is 0 Å². The lowest BCUT2D eigenvalue weighted by atomic mass is 10.2. The maximum absolute atomic E-state index is 13.7. The minimum absolute atomic E-state index is 0.0372. The van der Waals surface area contributed by atoms with Crippen LogP contribution in [-0.2, 0) is 18.3 Å². The molecule has 6 heteroatoms. The van der Waals surface area contributed by atoms with Crippen molar-refractivity contribution in [3.63, 3.8) is 0 Å². The van der Waals surface area contributed by atoms with Crippen LogP contribution < -0.4 is 10.1 Å². The number of benzene rings is 1. The number of ether oxygens (including phenoxy) is 1. The highest BCUT2D eigenvalue weighted by Crippen LogP contribution is 2.29. The first-order valence-electron chi connectivity index (χ1n) is 6.11. The number of amides is 1. The van der Waals surface area contributed by atoms with Gasteiger partial charge in [-0.2, -0.15) is 5.10 Å². The van der Waals surface area contributed by atoms with Gasteiger partial charge in [-0.15, -0.1) is 0 Å². The standard InChI is InChI=1S/C14H16FN3O2/c1-9-4-11(15)14(20-3)12(5-9)17-13(19)6-10-7-16-18(2)8-10/h4-5,7-8H,6H2,1-3H3,(H,17,19). The van der Waals surface area contributed by atoms with Gasteiger partial charge in [0.15, 0.2) is 11.6 Å². The minimum atomic E-state index is -0.496. The molecule has 0 bridgehead atoms.